The smallest absolute Gasteiger partial charge is 0.266 e. The minimum Gasteiger partial charge on any atom is -0.495 e. The molecule has 0 saturated heterocycles. The number of aromatic nitrogens is 2. The van der Waals surface area contributed by atoms with Crippen LogP contribution in [-0.2, 0) is 11.3 Å². The average molecular weight is 432 g/mol. The molecule has 31 heavy (non-hydrogen) atoms. The van der Waals surface area contributed by atoms with Crippen molar-refractivity contribution in [3.63, 3.8) is 0 Å². The highest BCUT2D eigenvalue weighted by Crippen LogP contribution is 2.27. The van der Waals surface area contributed by atoms with E-state index < -0.39 is 0 Å². The fraction of sp³-hybridized carbons (Fsp3) is 0.125. The zero-order valence-corrected chi connectivity index (χ0v) is 17.8. The number of para-hydroxylation sites is 3. The SMILES string of the molecule is COc1ccccc1-n1c(SCC(=O)NCc2ccccc2)nc2ccccc2c1=O. The zero-order chi connectivity index (χ0) is 21.6. The lowest BCUT2D eigenvalue weighted by Crippen LogP contribution is -2.26. The number of thioether (sulfide) groups is 1. The Kier molecular flexibility index (Phi) is 6.33. The van der Waals surface area contributed by atoms with Crippen LogP contribution >= 0.6 is 11.8 Å². The summed E-state index contributed by atoms with van der Waals surface area (Å²) in [4.78, 5) is 30.4. The fourth-order valence-corrected chi connectivity index (χ4v) is 4.05. The van der Waals surface area contributed by atoms with E-state index in [1.54, 1.807) is 31.4 Å². The number of ether oxygens (including phenoxy) is 1. The molecule has 4 aromatic rings. The van der Waals surface area contributed by atoms with Crippen molar-refractivity contribution in [1.29, 1.82) is 0 Å². The van der Waals surface area contributed by atoms with Crippen molar-refractivity contribution in [3.8, 4) is 11.4 Å². The molecule has 4 rings (SSSR count). The highest BCUT2D eigenvalue weighted by Gasteiger charge is 2.17. The number of fused-ring (bicyclic) bond motifs is 1. The molecule has 0 unspecified atom stereocenters. The second kappa shape index (κ2) is 9.49. The summed E-state index contributed by atoms with van der Waals surface area (Å²) in [5.74, 6) is 0.548. The van der Waals surface area contributed by atoms with E-state index in [2.05, 4.69) is 10.3 Å². The van der Waals surface area contributed by atoms with Crippen molar-refractivity contribution < 1.29 is 9.53 Å². The Morgan fingerprint density at radius 3 is 2.52 bits per heavy atom. The van der Waals surface area contributed by atoms with Crippen LogP contribution < -0.4 is 15.6 Å². The van der Waals surface area contributed by atoms with Crippen LogP contribution in [0.15, 0.2) is 88.8 Å². The van der Waals surface area contributed by atoms with Gasteiger partial charge < -0.3 is 10.1 Å². The maximum Gasteiger partial charge on any atom is 0.266 e. The summed E-state index contributed by atoms with van der Waals surface area (Å²) in [6.45, 7) is 0.449. The maximum atomic E-state index is 13.3. The molecule has 0 saturated carbocycles. The molecule has 0 atom stereocenters. The zero-order valence-electron chi connectivity index (χ0n) is 16.9. The lowest BCUT2D eigenvalue weighted by Gasteiger charge is -2.15. The Morgan fingerprint density at radius 2 is 1.71 bits per heavy atom. The molecular formula is C24H21N3O3S. The van der Waals surface area contributed by atoms with Gasteiger partial charge in [0.1, 0.15) is 5.75 Å². The van der Waals surface area contributed by atoms with Gasteiger partial charge in [-0.05, 0) is 29.8 Å². The summed E-state index contributed by atoms with van der Waals surface area (Å²) in [6.07, 6.45) is 0. The number of carbonyl (C=O) groups is 1. The highest BCUT2D eigenvalue weighted by molar-refractivity contribution is 7.99. The molecule has 6 nitrogen and oxygen atoms in total. The minimum atomic E-state index is -0.206. The number of nitrogens with zero attached hydrogens (tertiary/aromatic N) is 2. The van der Waals surface area contributed by atoms with Gasteiger partial charge >= 0.3 is 0 Å². The number of methoxy groups -OCH3 is 1. The molecule has 0 radical (unpaired) electrons. The second-order valence-electron chi connectivity index (χ2n) is 6.77. The monoisotopic (exact) mass is 431 g/mol. The molecule has 1 aromatic heterocycles. The van der Waals surface area contributed by atoms with Gasteiger partial charge in [-0.2, -0.15) is 0 Å². The summed E-state index contributed by atoms with van der Waals surface area (Å²) < 4.78 is 6.97. The van der Waals surface area contributed by atoms with Gasteiger partial charge in [0.25, 0.3) is 5.56 Å². The van der Waals surface area contributed by atoms with E-state index in [-0.39, 0.29) is 17.2 Å². The Morgan fingerprint density at radius 1 is 1.00 bits per heavy atom. The Hall–Kier alpha value is -3.58. The van der Waals surface area contributed by atoms with Crippen molar-refractivity contribution in [2.45, 2.75) is 11.7 Å². The van der Waals surface area contributed by atoms with E-state index in [0.717, 1.165) is 5.56 Å². The molecule has 156 valence electrons. The number of hydrogen-bond donors (Lipinski definition) is 1. The predicted molar refractivity (Wildman–Crippen MR) is 123 cm³/mol. The summed E-state index contributed by atoms with van der Waals surface area (Å²) >= 11 is 1.22. The van der Waals surface area contributed by atoms with Gasteiger partial charge in [0.2, 0.25) is 5.91 Å². The third-order valence-corrected chi connectivity index (χ3v) is 5.67. The first-order chi connectivity index (χ1) is 15.2. The average Bonchev–Trinajstić information content (AvgIpc) is 2.82. The minimum absolute atomic E-state index is 0.132. The van der Waals surface area contributed by atoms with Gasteiger partial charge in [-0.15, -0.1) is 0 Å². The van der Waals surface area contributed by atoms with Gasteiger partial charge in [0.05, 0.1) is 29.5 Å². The van der Waals surface area contributed by atoms with Crippen molar-refractivity contribution in [3.05, 3.63) is 94.8 Å². The first-order valence-corrected chi connectivity index (χ1v) is 10.7. The molecular weight excluding hydrogens is 410 g/mol. The van der Waals surface area contributed by atoms with Crippen LogP contribution in [0.4, 0.5) is 0 Å². The number of carbonyl (C=O) groups excluding carboxylic acids is 1. The van der Waals surface area contributed by atoms with E-state index in [9.17, 15) is 9.59 Å². The van der Waals surface area contributed by atoms with Crippen LogP contribution in [-0.4, -0.2) is 28.3 Å². The van der Waals surface area contributed by atoms with E-state index in [1.165, 1.54) is 16.3 Å². The molecule has 1 amide bonds. The largest absolute Gasteiger partial charge is 0.495 e. The van der Waals surface area contributed by atoms with Gasteiger partial charge in [-0.25, -0.2) is 4.98 Å². The van der Waals surface area contributed by atoms with Crippen LogP contribution in [0.1, 0.15) is 5.56 Å². The number of nitrogens with one attached hydrogen (secondary N) is 1. The van der Waals surface area contributed by atoms with Crippen LogP contribution in [0.3, 0.4) is 0 Å². The van der Waals surface area contributed by atoms with E-state index in [0.29, 0.717) is 34.0 Å². The van der Waals surface area contributed by atoms with E-state index in [1.807, 2.05) is 54.6 Å². The lowest BCUT2D eigenvalue weighted by atomic mass is 10.2. The van der Waals surface area contributed by atoms with Crippen molar-refractivity contribution in [2.75, 3.05) is 12.9 Å². The third-order valence-electron chi connectivity index (χ3n) is 4.74. The van der Waals surface area contributed by atoms with Crippen LogP contribution in [0.2, 0.25) is 0 Å². The quantitative estimate of drug-likeness (QED) is 0.356. The lowest BCUT2D eigenvalue weighted by molar-refractivity contribution is -0.118. The normalized spacial score (nSPS) is 10.7. The van der Waals surface area contributed by atoms with Gasteiger partial charge in [-0.1, -0.05) is 66.4 Å². The van der Waals surface area contributed by atoms with Crippen LogP contribution in [0.5, 0.6) is 5.75 Å². The first kappa shape index (κ1) is 20.7. The summed E-state index contributed by atoms with van der Waals surface area (Å²) in [7, 11) is 1.56. The molecule has 1 heterocycles. The standard InChI is InChI=1S/C24H21N3O3S/c1-30-21-14-8-7-13-20(21)27-23(29)18-11-5-6-12-19(18)26-24(27)31-16-22(28)25-15-17-9-3-2-4-10-17/h2-14H,15-16H2,1H3,(H,25,28). The maximum absolute atomic E-state index is 13.3. The van der Waals surface area contributed by atoms with Crippen LogP contribution in [0, 0.1) is 0 Å². The molecule has 0 aliphatic heterocycles. The number of benzene rings is 3. The van der Waals surface area contributed by atoms with E-state index >= 15 is 0 Å². The summed E-state index contributed by atoms with van der Waals surface area (Å²) in [5.41, 5.74) is 1.99. The van der Waals surface area contributed by atoms with Crippen molar-refractivity contribution >= 4 is 28.6 Å². The Balaban J connectivity index is 1.65. The second-order valence-corrected chi connectivity index (χ2v) is 7.72. The first-order valence-electron chi connectivity index (χ1n) is 9.76. The molecule has 0 spiro atoms. The molecule has 1 N–H and O–H groups in total. The topological polar surface area (TPSA) is 73.2 Å². The predicted octanol–water partition coefficient (Wildman–Crippen LogP) is 3.80. The van der Waals surface area contributed by atoms with E-state index in [4.69, 9.17) is 4.74 Å². The summed E-state index contributed by atoms with van der Waals surface area (Å²) in [5, 5.41) is 3.84. The Bertz CT molecular complexity index is 1270. The molecule has 7 heteroatoms. The highest BCUT2D eigenvalue weighted by atomic mass is 32.2. The van der Waals surface area contributed by atoms with Crippen molar-refractivity contribution in [1.82, 2.24) is 14.9 Å². The van der Waals surface area contributed by atoms with Gasteiger partial charge in [0.15, 0.2) is 5.16 Å². The fourth-order valence-electron chi connectivity index (χ4n) is 3.21. The van der Waals surface area contributed by atoms with Gasteiger partial charge in [-0.3, -0.25) is 14.2 Å². The van der Waals surface area contributed by atoms with Gasteiger partial charge in [0, 0.05) is 6.54 Å². The van der Waals surface area contributed by atoms with Crippen LogP contribution in [0.25, 0.3) is 16.6 Å². The number of hydrogen-bond acceptors (Lipinski definition) is 5. The third kappa shape index (κ3) is 4.62. The molecule has 0 bridgehead atoms. The number of rotatable bonds is 7. The number of amides is 1. The van der Waals surface area contributed by atoms with Crippen molar-refractivity contribution in [2.24, 2.45) is 0 Å². The summed E-state index contributed by atoms with van der Waals surface area (Å²) in [6, 6.07) is 24.2. The molecule has 0 aliphatic rings. The molecule has 0 fully saturated rings. The Labute approximate surface area is 183 Å². The molecule has 0 aliphatic carbocycles. The molecule has 3 aromatic carbocycles.